The van der Waals surface area contributed by atoms with Crippen LogP contribution in [0.5, 0.6) is 0 Å². The van der Waals surface area contributed by atoms with E-state index in [2.05, 4.69) is 33.4 Å². The van der Waals surface area contributed by atoms with Crippen LogP contribution in [0, 0.1) is 29.1 Å². The molecule has 7 unspecified atom stereocenters. The van der Waals surface area contributed by atoms with Crippen molar-refractivity contribution in [3.8, 4) is 0 Å². The number of benzene rings is 2. The maximum absolute atomic E-state index is 13.4. The SMILES string of the molecule is O=C(NC1C2CC3CC4CC1C42C3)C1=NN(c2ccc(Cl)cc2Cl)C(c2ccc(Br)cc2)C1. The second kappa shape index (κ2) is 7.22. The molecule has 7 atom stereocenters. The normalized spacial score (nSPS) is 37.3. The van der Waals surface area contributed by atoms with Gasteiger partial charge in [-0.1, -0.05) is 51.3 Å². The van der Waals surface area contributed by atoms with Gasteiger partial charge in [-0.25, -0.2) is 0 Å². The molecule has 2 bridgehead atoms. The van der Waals surface area contributed by atoms with Gasteiger partial charge in [-0.3, -0.25) is 9.80 Å². The molecule has 1 aliphatic heterocycles. The first-order chi connectivity index (χ1) is 15.9. The van der Waals surface area contributed by atoms with E-state index in [-0.39, 0.29) is 11.9 Å². The van der Waals surface area contributed by atoms with E-state index in [0.29, 0.717) is 45.5 Å². The molecule has 2 aromatic carbocycles. The van der Waals surface area contributed by atoms with Crippen LogP contribution in [0.1, 0.15) is 43.7 Å². The highest BCUT2D eigenvalue weighted by Gasteiger charge is 2.77. The van der Waals surface area contributed by atoms with Gasteiger partial charge in [-0.15, -0.1) is 0 Å². The number of anilines is 1. The quantitative estimate of drug-likeness (QED) is 0.470. The standard InChI is InChI=1S/C26H24BrCl2N3O/c27-16-3-1-14(2-4-16)23-11-21(31-32(23)22-6-5-17(28)10-20(22)29)25(33)30-24-18-8-13-7-15-9-19(24)26(15,18)12-13/h1-6,10,13,15,18-19,23-24H,7-9,11-12H2,(H,30,33). The van der Waals surface area contributed by atoms with E-state index in [9.17, 15) is 4.79 Å². The van der Waals surface area contributed by atoms with Gasteiger partial charge < -0.3 is 5.32 Å². The molecule has 1 amide bonds. The summed E-state index contributed by atoms with van der Waals surface area (Å²) in [6, 6.07) is 13.8. The molecule has 0 aromatic heterocycles. The Morgan fingerprint density at radius 2 is 1.88 bits per heavy atom. The molecule has 7 rings (SSSR count). The predicted molar refractivity (Wildman–Crippen MR) is 135 cm³/mol. The van der Waals surface area contributed by atoms with Gasteiger partial charge >= 0.3 is 0 Å². The molecular formula is C26H24BrCl2N3O. The van der Waals surface area contributed by atoms with Crippen molar-refractivity contribution in [1.82, 2.24) is 5.32 Å². The van der Waals surface area contributed by atoms with Gasteiger partial charge in [0.2, 0.25) is 0 Å². The van der Waals surface area contributed by atoms with Gasteiger partial charge in [0.1, 0.15) is 5.71 Å². The summed E-state index contributed by atoms with van der Waals surface area (Å²) in [5.74, 6) is 3.20. The molecule has 4 fully saturated rings. The molecule has 170 valence electrons. The first-order valence-corrected chi connectivity index (χ1v) is 13.4. The minimum absolute atomic E-state index is 0.0178. The number of fused-ring (bicyclic) bond motifs is 1. The lowest BCUT2D eigenvalue weighted by Crippen LogP contribution is -2.73. The number of hydrogen-bond acceptors (Lipinski definition) is 3. The molecule has 4 nitrogen and oxygen atoms in total. The lowest BCUT2D eigenvalue weighted by Gasteiger charge is -2.70. The maximum atomic E-state index is 13.4. The van der Waals surface area contributed by atoms with Gasteiger partial charge in [0, 0.05) is 22.0 Å². The number of amides is 1. The topological polar surface area (TPSA) is 44.7 Å². The molecule has 2 aromatic rings. The molecule has 1 spiro atoms. The highest BCUT2D eigenvalue weighted by Crippen LogP contribution is 2.81. The number of hydrogen-bond donors (Lipinski definition) is 1. The molecule has 0 saturated heterocycles. The highest BCUT2D eigenvalue weighted by atomic mass is 79.9. The van der Waals surface area contributed by atoms with E-state index in [1.165, 1.54) is 25.7 Å². The van der Waals surface area contributed by atoms with Crippen LogP contribution in [0.4, 0.5) is 5.69 Å². The van der Waals surface area contributed by atoms with Crippen molar-refractivity contribution in [3.05, 3.63) is 62.5 Å². The van der Waals surface area contributed by atoms with Crippen LogP contribution in [0.25, 0.3) is 0 Å². The second-order valence-corrected chi connectivity index (χ2v) is 12.3. The van der Waals surface area contributed by atoms with E-state index in [4.69, 9.17) is 28.3 Å². The zero-order valence-corrected chi connectivity index (χ0v) is 21.1. The fourth-order valence-electron chi connectivity index (χ4n) is 8.03. The Labute approximate surface area is 211 Å². The number of halogens is 3. The second-order valence-electron chi connectivity index (χ2n) is 10.6. The summed E-state index contributed by atoms with van der Waals surface area (Å²) in [4.78, 5) is 13.4. The van der Waals surface area contributed by atoms with E-state index < -0.39 is 0 Å². The van der Waals surface area contributed by atoms with Gasteiger partial charge in [0.05, 0.1) is 16.8 Å². The third-order valence-electron chi connectivity index (χ3n) is 9.28. The molecule has 5 aliphatic rings. The molecule has 33 heavy (non-hydrogen) atoms. The Kier molecular flexibility index (Phi) is 4.55. The monoisotopic (exact) mass is 543 g/mol. The summed E-state index contributed by atoms with van der Waals surface area (Å²) in [5.41, 5.74) is 3.01. The van der Waals surface area contributed by atoms with Crippen molar-refractivity contribution in [1.29, 1.82) is 0 Å². The van der Waals surface area contributed by atoms with Crippen molar-refractivity contribution >= 4 is 56.4 Å². The van der Waals surface area contributed by atoms with Crippen LogP contribution in [-0.2, 0) is 4.79 Å². The van der Waals surface area contributed by atoms with Crippen LogP contribution in [-0.4, -0.2) is 17.7 Å². The number of rotatable bonds is 4. The number of carbonyl (C=O) groups is 1. The fraction of sp³-hybridized carbons (Fsp3) is 0.462. The van der Waals surface area contributed by atoms with E-state index in [1.807, 2.05) is 29.3 Å². The third kappa shape index (κ3) is 2.88. The molecule has 1 heterocycles. The van der Waals surface area contributed by atoms with Crippen molar-refractivity contribution in [2.45, 2.75) is 44.2 Å². The highest BCUT2D eigenvalue weighted by molar-refractivity contribution is 9.10. The Bertz CT molecular complexity index is 1200. The Morgan fingerprint density at radius 3 is 2.64 bits per heavy atom. The Balaban J connectivity index is 1.16. The molecular weight excluding hydrogens is 521 g/mol. The lowest BCUT2D eigenvalue weighted by molar-refractivity contribution is -0.202. The first-order valence-electron chi connectivity index (χ1n) is 11.8. The smallest absolute Gasteiger partial charge is 0.267 e. The van der Waals surface area contributed by atoms with Crippen molar-refractivity contribution in [2.75, 3.05) is 5.01 Å². The minimum atomic E-state index is -0.0964. The van der Waals surface area contributed by atoms with Gasteiger partial charge in [0.15, 0.2) is 0 Å². The lowest BCUT2D eigenvalue weighted by atomic mass is 9.36. The van der Waals surface area contributed by atoms with Crippen molar-refractivity contribution in [3.63, 3.8) is 0 Å². The van der Waals surface area contributed by atoms with Gasteiger partial charge in [0.25, 0.3) is 5.91 Å². The average molecular weight is 545 g/mol. The van der Waals surface area contributed by atoms with Crippen LogP contribution in [0.15, 0.2) is 52.0 Å². The molecule has 7 heteroatoms. The zero-order valence-electron chi connectivity index (χ0n) is 18.0. The van der Waals surface area contributed by atoms with Crippen molar-refractivity contribution < 1.29 is 4.79 Å². The van der Waals surface area contributed by atoms with Crippen LogP contribution < -0.4 is 10.3 Å². The molecule has 4 aliphatic carbocycles. The number of nitrogens with zero attached hydrogens (tertiary/aromatic N) is 2. The first kappa shape index (κ1) is 20.8. The van der Waals surface area contributed by atoms with E-state index in [0.717, 1.165) is 27.6 Å². The Hall–Kier alpha value is -1.56. The minimum Gasteiger partial charge on any atom is -0.348 e. The summed E-state index contributed by atoms with van der Waals surface area (Å²) in [5, 5.41) is 11.2. The number of carbonyl (C=O) groups excluding carboxylic acids is 1. The molecule has 1 N–H and O–H groups in total. The summed E-state index contributed by atoms with van der Waals surface area (Å²) >= 11 is 16.2. The maximum Gasteiger partial charge on any atom is 0.267 e. The van der Waals surface area contributed by atoms with Gasteiger partial charge in [-0.2, -0.15) is 5.10 Å². The summed E-state index contributed by atoms with van der Waals surface area (Å²) in [6.45, 7) is 0. The summed E-state index contributed by atoms with van der Waals surface area (Å²) in [6.07, 6.45) is 6.00. The summed E-state index contributed by atoms with van der Waals surface area (Å²) in [7, 11) is 0. The molecule has 4 saturated carbocycles. The largest absolute Gasteiger partial charge is 0.348 e. The predicted octanol–water partition coefficient (Wildman–Crippen LogP) is 6.61. The Morgan fingerprint density at radius 1 is 1.09 bits per heavy atom. The van der Waals surface area contributed by atoms with Crippen LogP contribution >= 0.6 is 39.1 Å². The summed E-state index contributed by atoms with van der Waals surface area (Å²) < 4.78 is 1.02. The molecule has 0 radical (unpaired) electrons. The third-order valence-corrected chi connectivity index (χ3v) is 10.3. The van der Waals surface area contributed by atoms with Gasteiger partial charge in [-0.05, 0) is 90.7 Å². The van der Waals surface area contributed by atoms with Crippen molar-refractivity contribution in [2.24, 2.45) is 34.2 Å². The number of nitrogens with one attached hydrogen (secondary N) is 1. The fourth-order valence-corrected chi connectivity index (χ4v) is 8.79. The van der Waals surface area contributed by atoms with E-state index in [1.54, 1.807) is 6.07 Å². The zero-order chi connectivity index (χ0) is 22.5. The average Bonchev–Trinajstić information content (AvgIpc) is 3.45. The van der Waals surface area contributed by atoms with E-state index >= 15 is 0 Å². The number of hydrazone groups is 1. The van der Waals surface area contributed by atoms with Crippen LogP contribution in [0.2, 0.25) is 10.0 Å². The van der Waals surface area contributed by atoms with Crippen LogP contribution in [0.3, 0.4) is 0 Å².